The molecule has 196 valence electrons. The average Bonchev–Trinajstić information content (AvgIpc) is 2.76. The van der Waals surface area contributed by atoms with Gasteiger partial charge in [-0.3, -0.25) is 9.59 Å². The maximum absolute atomic E-state index is 11.8. The Morgan fingerprint density at radius 1 is 0.515 bits per heavy atom. The van der Waals surface area contributed by atoms with Gasteiger partial charge in [-0.2, -0.15) is 0 Å². The average molecular weight is 469 g/mol. The van der Waals surface area contributed by atoms with Crippen molar-refractivity contribution in [2.45, 2.75) is 156 Å². The first-order valence-electron chi connectivity index (χ1n) is 14.2. The lowest BCUT2D eigenvalue weighted by Gasteiger charge is -2.17. The summed E-state index contributed by atoms with van der Waals surface area (Å²) in [5, 5.41) is 0. The summed E-state index contributed by atoms with van der Waals surface area (Å²) in [5.74, 6) is -0.125. The molecule has 0 aromatic carbocycles. The molecule has 4 nitrogen and oxygen atoms in total. The summed E-state index contributed by atoms with van der Waals surface area (Å²) in [7, 11) is 0. The van der Waals surface area contributed by atoms with Crippen molar-refractivity contribution < 1.29 is 19.1 Å². The Morgan fingerprint density at radius 3 is 1.30 bits per heavy atom. The highest BCUT2D eigenvalue weighted by molar-refractivity contribution is 5.69. The van der Waals surface area contributed by atoms with Crippen LogP contribution in [-0.2, 0) is 19.1 Å². The molecule has 0 fully saturated rings. The van der Waals surface area contributed by atoms with Crippen molar-refractivity contribution in [1.82, 2.24) is 0 Å². The van der Waals surface area contributed by atoms with Crippen LogP contribution in [-0.4, -0.2) is 25.2 Å². The summed E-state index contributed by atoms with van der Waals surface area (Å²) in [6.45, 7) is 9.53. The van der Waals surface area contributed by atoms with Gasteiger partial charge >= 0.3 is 11.9 Å². The van der Waals surface area contributed by atoms with Crippen molar-refractivity contribution in [3.8, 4) is 0 Å². The van der Waals surface area contributed by atoms with E-state index in [0.29, 0.717) is 26.1 Å². The van der Waals surface area contributed by atoms with Gasteiger partial charge in [0.25, 0.3) is 0 Å². The Morgan fingerprint density at radius 2 is 0.879 bits per heavy atom. The van der Waals surface area contributed by atoms with Gasteiger partial charge in [0.2, 0.25) is 0 Å². The number of carbonyl (C=O) groups is 2. The van der Waals surface area contributed by atoms with Crippen LogP contribution in [0.15, 0.2) is 0 Å². The third kappa shape index (κ3) is 27.1. The predicted molar refractivity (Wildman–Crippen MR) is 139 cm³/mol. The van der Waals surface area contributed by atoms with Crippen molar-refractivity contribution in [2.24, 2.45) is 5.41 Å². The molecule has 4 heteroatoms. The first kappa shape index (κ1) is 31.9. The first-order chi connectivity index (χ1) is 15.8. The van der Waals surface area contributed by atoms with Gasteiger partial charge in [0, 0.05) is 12.8 Å². The van der Waals surface area contributed by atoms with Crippen molar-refractivity contribution in [3.05, 3.63) is 0 Å². The van der Waals surface area contributed by atoms with Crippen LogP contribution in [0.25, 0.3) is 0 Å². The van der Waals surface area contributed by atoms with Crippen molar-refractivity contribution >= 4 is 11.9 Å². The standard InChI is InChI=1S/C29H56O4/c1-5-6-7-8-9-10-11-12-13-16-19-22-25-32-27(30)23-20-17-14-15-18-21-24-28(31)33-26-29(2,3)4/h5-26H2,1-4H3. The molecule has 0 aromatic rings. The molecular weight excluding hydrogens is 412 g/mol. The third-order valence-corrected chi connectivity index (χ3v) is 5.94. The molecule has 0 aliphatic rings. The van der Waals surface area contributed by atoms with E-state index in [2.05, 4.69) is 27.7 Å². The zero-order chi connectivity index (χ0) is 24.6. The Balaban J connectivity index is 3.27. The van der Waals surface area contributed by atoms with E-state index in [1.54, 1.807) is 0 Å². The molecule has 0 spiro atoms. The van der Waals surface area contributed by atoms with Crippen LogP contribution in [0.4, 0.5) is 0 Å². The Bertz CT molecular complexity index is 453. The lowest BCUT2D eigenvalue weighted by molar-refractivity contribution is -0.146. The lowest BCUT2D eigenvalue weighted by Crippen LogP contribution is -2.18. The molecule has 0 saturated carbocycles. The van der Waals surface area contributed by atoms with E-state index >= 15 is 0 Å². The van der Waals surface area contributed by atoms with Gasteiger partial charge < -0.3 is 9.47 Å². The minimum absolute atomic E-state index is 0.0312. The lowest BCUT2D eigenvalue weighted by atomic mass is 9.99. The van der Waals surface area contributed by atoms with E-state index in [-0.39, 0.29) is 17.4 Å². The number of ether oxygens (including phenoxy) is 2. The van der Waals surface area contributed by atoms with E-state index < -0.39 is 0 Å². The van der Waals surface area contributed by atoms with Gasteiger partial charge in [-0.1, -0.05) is 124 Å². The van der Waals surface area contributed by atoms with Crippen LogP contribution in [0.1, 0.15) is 156 Å². The van der Waals surface area contributed by atoms with Gasteiger partial charge in [0.1, 0.15) is 0 Å². The van der Waals surface area contributed by atoms with Crippen LogP contribution in [0.5, 0.6) is 0 Å². The van der Waals surface area contributed by atoms with Gasteiger partial charge in [-0.25, -0.2) is 0 Å². The quantitative estimate of drug-likeness (QED) is 0.111. The van der Waals surface area contributed by atoms with Gasteiger partial charge in [-0.15, -0.1) is 0 Å². The first-order valence-corrected chi connectivity index (χ1v) is 14.2. The molecule has 33 heavy (non-hydrogen) atoms. The van der Waals surface area contributed by atoms with Gasteiger partial charge in [-0.05, 0) is 24.7 Å². The Kier molecular flexibility index (Phi) is 22.0. The van der Waals surface area contributed by atoms with Crippen molar-refractivity contribution in [1.29, 1.82) is 0 Å². The molecule has 0 aliphatic heterocycles. The summed E-state index contributed by atoms with van der Waals surface area (Å²) < 4.78 is 10.6. The molecule has 0 saturated heterocycles. The number of unbranched alkanes of at least 4 members (excludes halogenated alkanes) is 16. The SMILES string of the molecule is CCCCCCCCCCCCCCOC(=O)CCCCCCCCC(=O)OCC(C)(C)C. The predicted octanol–water partition coefficient (Wildman–Crippen LogP) is 8.94. The number of esters is 2. The van der Waals surface area contributed by atoms with Crippen LogP contribution in [0.3, 0.4) is 0 Å². The third-order valence-electron chi connectivity index (χ3n) is 5.94. The molecule has 0 bridgehead atoms. The summed E-state index contributed by atoms with van der Waals surface area (Å²) >= 11 is 0. The fourth-order valence-corrected chi connectivity index (χ4v) is 3.82. The minimum atomic E-state index is -0.0826. The second kappa shape index (κ2) is 22.7. The molecule has 0 aliphatic carbocycles. The van der Waals surface area contributed by atoms with E-state index in [4.69, 9.17) is 9.47 Å². The molecule has 0 rings (SSSR count). The summed E-state index contributed by atoms with van der Waals surface area (Å²) in [6, 6.07) is 0. The van der Waals surface area contributed by atoms with Crippen LogP contribution in [0.2, 0.25) is 0 Å². The maximum atomic E-state index is 11.8. The Hall–Kier alpha value is -1.06. The molecular formula is C29H56O4. The highest BCUT2D eigenvalue weighted by atomic mass is 16.5. The van der Waals surface area contributed by atoms with Crippen molar-refractivity contribution in [2.75, 3.05) is 13.2 Å². The minimum Gasteiger partial charge on any atom is -0.466 e. The summed E-state index contributed by atoms with van der Waals surface area (Å²) in [5.41, 5.74) is 0.0312. The monoisotopic (exact) mass is 468 g/mol. The molecule has 0 unspecified atom stereocenters. The largest absolute Gasteiger partial charge is 0.466 e. The fourth-order valence-electron chi connectivity index (χ4n) is 3.82. The zero-order valence-electron chi connectivity index (χ0n) is 22.7. The van der Waals surface area contributed by atoms with Gasteiger partial charge in [0.05, 0.1) is 13.2 Å². The molecule has 0 amide bonds. The Labute approximate surface area is 206 Å². The number of carbonyl (C=O) groups excluding carboxylic acids is 2. The number of hydrogen-bond donors (Lipinski definition) is 0. The fraction of sp³-hybridized carbons (Fsp3) is 0.931. The topological polar surface area (TPSA) is 52.6 Å². The molecule has 0 radical (unpaired) electrons. The van der Waals surface area contributed by atoms with E-state index in [9.17, 15) is 9.59 Å². The smallest absolute Gasteiger partial charge is 0.305 e. The summed E-state index contributed by atoms with van der Waals surface area (Å²) in [6.07, 6.45) is 23.0. The zero-order valence-corrected chi connectivity index (χ0v) is 22.7. The highest BCUT2D eigenvalue weighted by Crippen LogP contribution is 2.15. The van der Waals surface area contributed by atoms with Crippen LogP contribution in [0, 0.1) is 5.41 Å². The van der Waals surface area contributed by atoms with Crippen molar-refractivity contribution in [3.63, 3.8) is 0 Å². The number of hydrogen-bond acceptors (Lipinski definition) is 4. The second-order valence-corrected chi connectivity index (χ2v) is 11.0. The molecule has 0 N–H and O–H groups in total. The second-order valence-electron chi connectivity index (χ2n) is 11.0. The van der Waals surface area contributed by atoms with E-state index in [0.717, 1.165) is 44.9 Å². The maximum Gasteiger partial charge on any atom is 0.305 e. The van der Waals surface area contributed by atoms with Gasteiger partial charge in [0.15, 0.2) is 0 Å². The van der Waals surface area contributed by atoms with E-state index in [1.807, 2.05) is 0 Å². The number of rotatable bonds is 23. The van der Waals surface area contributed by atoms with Crippen LogP contribution < -0.4 is 0 Å². The summed E-state index contributed by atoms with van der Waals surface area (Å²) in [4.78, 5) is 23.5. The highest BCUT2D eigenvalue weighted by Gasteiger charge is 2.13. The molecule has 0 aromatic heterocycles. The van der Waals surface area contributed by atoms with Crippen LogP contribution >= 0.6 is 0 Å². The molecule has 0 atom stereocenters. The van der Waals surface area contributed by atoms with E-state index in [1.165, 1.54) is 70.6 Å². The molecule has 0 heterocycles. The normalized spacial score (nSPS) is 11.5.